The molecule has 7 nitrogen and oxygen atoms in total. The van der Waals surface area contributed by atoms with E-state index in [9.17, 15) is 9.59 Å². The number of nitrogens with one attached hydrogen (secondary N) is 2. The lowest BCUT2D eigenvalue weighted by molar-refractivity contribution is -0.141. The number of H-pyrrole nitrogens is 1. The van der Waals surface area contributed by atoms with Crippen molar-refractivity contribution in [1.29, 1.82) is 0 Å². The average Bonchev–Trinajstić information content (AvgIpc) is 3.35. The molecule has 1 amide bonds. The van der Waals surface area contributed by atoms with E-state index >= 15 is 0 Å². The summed E-state index contributed by atoms with van der Waals surface area (Å²) in [4.78, 5) is 33.0. The predicted octanol–water partition coefficient (Wildman–Crippen LogP) is 3.90. The Morgan fingerprint density at radius 3 is 2.90 bits per heavy atom. The van der Waals surface area contributed by atoms with E-state index < -0.39 is 0 Å². The number of likely N-dealkylation sites (tertiary alicyclic amines) is 1. The van der Waals surface area contributed by atoms with E-state index in [1.807, 2.05) is 5.38 Å². The molecule has 3 aromatic rings. The summed E-state index contributed by atoms with van der Waals surface area (Å²) in [5, 5.41) is 6.69. The standard InChI is InChI=1S/C22H26N4O3S/c1-15(27)29-11-8-21(28)25-22-24-17(14-30-22)13-26-9-6-16(7-10-26)19-12-23-20-5-3-2-4-18(19)20/h2-5,12,14,16,23H,6-11,13H2,1H3,(H,24,25,28). The molecule has 1 fully saturated rings. The third kappa shape index (κ3) is 5.06. The average molecular weight is 427 g/mol. The molecule has 2 N–H and O–H groups in total. The van der Waals surface area contributed by atoms with Gasteiger partial charge in [0.2, 0.25) is 5.91 Å². The van der Waals surface area contributed by atoms with Crippen LogP contribution in [-0.2, 0) is 20.9 Å². The highest BCUT2D eigenvalue weighted by atomic mass is 32.1. The Hall–Kier alpha value is -2.71. The maximum atomic E-state index is 11.9. The lowest BCUT2D eigenvalue weighted by Gasteiger charge is -2.31. The van der Waals surface area contributed by atoms with E-state index in [-0.39, 0.29) is 24.9 Å². The van der Waals surface area contributed by atoms with Gasteiger partial charge in [0, 0.05) is 35.9 Å². The first kappa shape index (κ1) is 20.6. The van der Waals surface area contributed by atoms with Gasteiger partial charge in [0.15, 0.2) is 5.13 Å². The van der Waals surface area contributed by atoms with Crippen molar-refractivity contribution in [3.63, 3.8) is 0 Å². The van der Waals surface area contributed by atoms with E-state index in [1.54, 1.807) is 0 Å². The first-order valence-corrected chi connectivity index (χ1v) is 11.1. The number of para-hydroxylation sites is 1. The molecule has 0 aliphatic carbocycles. The number of carbonyl (C=O) groups excluding carboxylic acids is 2. The third-order valence-electron chi connectivity index (χ3n) is 5.47. The van der Waals surface area contributed by atoms with Gasteiger partial charge in [-0.25, -0.2) is 4.98 Å². The molecule has 0 saturated carbocycles. The summed E-state index contributed by atoms with van der Waals surface area (Å²) in [5.41, 5.74) is 3.61. The first-order valence-electron chi connectivity index (χ1n) is 10.2. The fourth-order valence-corrected chi connectivity index (χ4v) is 4.69. The number of ether oxygens (including phenoxy) is 1. The first-order chi connectivity index (χ1) is 14.6. The molecule has 0 atom stereocenters. The fraction of sp³-hybridized carbons (Fsp3) is 0.409. The molecule has 8 heteroatoms. The van der Waals surface area contributed by atoms with Gasteiger partial charge in [-0.1, -0.05) is 18.2 Å². The molecule has 1 aromatic carbocycles. The van der Waals surface area contributed by atoms with Crippen molar-refractivity contribution in [3.05, 3.63) is 47.1 Å². The SMILES string of the molecule is CC(=O)OCCC(=O)Nc1nc(CN2CCC(c3c[nH]c4ccccc34)CC2)cs1. The highest BCUT2D eigenvalue weighted by Crippen LogP contribution is 2.33. The zero-order valence-corrected chi connectivity index (χ0v) is 17.8. The van der Waals surface area contributed by atoms with E-state index in [0.717, 1.165) is 38.2 Å². The van der Waals surface area contributed by atoms with Crippen LogP contribution in [0, 0.1) is 0 Å². The van der Waals surface area contributed by atoms with E-state index in [2.05, 4.69) is 50.6 Å². The van der Waals surface area contributed by atoms with Crippen LogP contribution >= 0.6 is 11.3 Å². The summed E-state index contributed by atoms with van der Waals surface area (Å²) < 4.78 is 4.79. The lowest BCUT2D eigenvalue weighted by Crippen LogP contribution is -2.32. The van der Waals surface area contributed by atoms with Gasteiger partial charge in [0.05, 0.1) is 12.1 Å². The topological polar surface area (TPSA) is 87.3 Å². The third-order valence-corrected chi connectivity index (χ3v) is 6.27. The van der Waals surface area contributed by atoms with Gasteiger partial charge in [0.25, 0.3) is 0 Å². The molecule has 1 aliphatic rings. The largest absolute Gasteiger partial charge is 0.465 e. The number of esters is 1. The lowest BCUT2D eigenvalue weighted by atomic mass is 9.89. The van der Waals surface area contributed by atoms with Crippen molar-refractivity contribution >= 4 is 39.2 Å². The molecule has 30 heavy (non-hydrogen) atoms. The maximum Gasteiger partial charge on any atom is 0.302 e. The molecule has 0 bridgehead atoms. The Kier molecular flexibility index (Phi) is 6.44. The van der Waals surface area contributed by atoms with Crippen molar-refractivity contribution in [1.82, 2.24) is 14.9 Å². The number of carbonyl (C=O) groups is 2. The van der Waals surface area contributed by atoms with Gasteiger partial charge >= 0.3 is 5.97 Å². The smallest absolute Gasteiger partial charge is 0.302 e. The van der Waals surface area contributed by atoms with Gasteiger partial charge < -0.3 is 15.0 Å². The van der Waals surface area contributed by atoms with Crippen molar-refractivity contribution < 1.29 is 14.3 Å². The van der Waals surface area contributed by atoms with Crippen LogP contribution in [0.2, 0.25) is 0 Å². The van der Waals surface area contributed by atoms with Crippen molar-refractivity contribution in [2.75, 3.05) is 25.0 Å². The van der Waals surface area contributed by atoms with Crippen molar-refractivity contribution in [3.8, 4) is 0 Å². The molecule has 0 unspecified atom stereocenters. The zero-order chi connectivity index (χ0) is 20.9. The summed E-state index contributed by atoms with van der Waals surface area (Å²) in [6, 6.07) is 8.49. The molecule has 158 valence electrons. The van der Waals surface area contributed by atoms with Crippen LogP contribution in [0.15, 0.2) is 35.8 Å². The molecular formula is C22H26N4O3S. The second kappa shape index (κ2) is 9.40. The molecule has 0 spiro atoms. The minimum Gasteiger partial charge on any atom is -0.465 e. The zero-order valence-electron chi connectivity index (χ0n) is 17.0. The highest BCUT2D eigenvalue weighted by Gasteiger charge is 2.23. The van der Waals surface area contributed by atoms with E-state index in [1.165, 1.54) is 34.7 Å². The molecule has 3 heterocycles. The molecule has 2 aromatic heterocycles. The van der Waals surface area contributed by atoms with Gasteiger partial charge in [0.1, 0.15) is 6.61 Å². The Bertz CT molecular complexity index is 1020. The van der Waals surface area contributed by atoms with Crippen LogP contribution in [0.1, 0.15) is 43.4 Å². The quantitative estimate of drug-likeness (QED) is 0.560. The number of hydrogen-bond acceptors (Lipinski definition) is 6. The summed E-state index contributed by atoms with van der Waals surface area (Å²) in [6.45, 7) is 4.27. The van der Waals surface area contributed by atoms with Crippen LogP contribution in [0.5, 0.6) is 0 Å². The Balaban J connectivity index is 1.25. The van der Waals surface area contributed by atoms with Crippen LogP contribution in [0.25, 0.3) is 10.9 Å². The number of aromatic amines is 1. The van der Waals surface area contributed by atoms with Gasteiger partial charge in [-0.3, -0.25) is 14.5 Å². The molecular weight excluding hydrogens is 400 g/mol. The Labute approximate surface area is 179 Å². The summed E-state index contributed by atoms with van der Waals surface area (Å²) in [6.07, 6.45) is 4.56. The van der Waals surface area contributed by atoms with Crippen molar-refractivity contribution in [2.45, 2.75) is 38.6 Å². The fourth-order valence-electron chi connectivity index (χ4n) is 3.97. The Morgan fingerprint density at radius 1 is 1.30 bits per heavy atom. The molecule has 0 radical (unpaired) electrons. The number of thiazole rings is 1. The highest BCUT2D eigenvalue weighted by molar-refractivity contribution is 7.13. The Morgan fingerprint density at radius 2 is 2.10 bits per heavy atom. The molecule has 1 aliphatic heterocycles. The van der Waals surface area contributed by atoms with Gasteiger partial charge in [-0.05, 0) is 43.5 Å². The normalized spacial score (nSPS) is 15.4. The maximum absolute atomic E-state index is 11.9. The number of nitrogens with zero attached hydrogens (tertiary/aromatic N) is 2. The second-order valence-electron chi connectivity index (χ2n) is 7.62. The van der Waals surface area contributed by atoms with E-state index in [0.29, 0.717) is 11.0 Å². The van der Waals surface area contributed by atoms with Crippen molar-refractivity contribution in [2.24, 2.45) is 0 Å². The summed E-state index contributed by atoms with van der Waals surface area (Å²) >= 11 is 1.42. The monoisotopic (exact) mass is 426 g/mol. The number of hydrogen-bond donors (Lipinski definition) is 2. The van der Waals surface area contributed by atoms with Crippen LogP contribution in [-0.4, -0.2) is 46.4 Å². The number of anilines is 1. The number of fused-ring (bicyclic) bond motifs is 1. The summed E-state index contributed by atoms with van der Waals surface area (Å²) in [5.74, 6) is 0.00407. The predicted molar refractivity (Wildman–Crippen MR) is 118 cm³/mol. The summed E-state index contributed by atoms with van der Waals surface area (Å²) in [7, 11) is 0. The minimum atomic E-state index is -0.382. The number of piperidine rings is 1. The molecule has 1 saturated heterocycles. The van der Waals surface area contributed by atoms with Crippen LogP contribution < -0.4 is 5.32 Å². The number of amides is 1. The van der Waals surface area contributed by atoms with Crippen LogP contribution in [0.3, 0.4) is 0 Å². The van der Waals surface area contributed by atoms with Crippen LogP contribution in [0.4, 0.5) is 5.13 Å². The minimum absolute atomic E-state index is 0.0881. The number of rotatable bonds is 7. The van der Waals surface area contributed by atoms with Gasteiger partial charge in [-0.15, -0.1) is 11.3 Å². The number of benzene rings is 1. The van der Waals surface area contributed by atoms with Gasteiger partial charge in [-0.2, -0.15) is 0 Å². The number of aromatic nitrogens is 2. The van der Waals surface area contributed by atoms with E-state index in [4.69, 9.17) is 4.74 Å². The molecule has 4 rings (SSSR count). The second-order valence-corrected chi connectivity index (χ2v) is 8.48.